The fourth-order valence-electron chi connectivity index (χ4n) is 2.18. The van der Waals surface area contributed by atoms with Crippen LogP contribution in [-0.4, -0.2) is 28.7 Å². The second-order valence-corrected chi connectivity index (χ2v) is 4.99. The van der Waals surface area contributed by atoms with Crippen molar-refractivity contribution in [2.45, 2.75) is 20.4 Å². The van der Waals surface area contributed by atoms with E-state index in [1.165, 1.54) is 0 Å². The zero-order chi connectivity index (χ0) is 15.5. The van der Waals surface area contributed by atoms with Gasteiger partial charge in [-0.1, -0.05) is 0 Å². The van der Waals surface area contributed by atoms with Crippen LogP contribution in [0.25, 0.3) is 0 Å². The number of hydrogen-bond acceptors (Lipinski definition) is 5. The van der Waals surface area contributed by atoms with Crippen LogP contribution in [0.3, 0.4) is 0 Å². The molecule has 0 saturated carbocycles. The van der Waals surface area contributed by atoms with Crippen LogP contribution in [0, 0.1) is 13.8 Å². The van der Waals surface area contributed by atoms with E-state index in [2.05, 4.69) is 15.6 Å². The first-order chi connectivity index (χ1) is 10.6. The van der Waals surface area contributed by atoms with Crippen LogP contribution < -0.4 is 14.9 Å². The number of nitrogens with one attached hydrogen (secondary N) is 1. The number of aromatic nitrogens is 2. The lowest BCUT2D eigenvalue weighted by Gasteiger charge is -2.02. The van der Waals surface area contributed by atoms with Crippen molar-refractivity contribution in [2.75, 3.05) is 6.79 Å². The third kappa shape index (κ3) is 3.08. The van der Waals surface area contributed by atoms with E-state index in [1.54, 1.807) is 23.0 Å². The van der Waals surface area contributed by atoms with Crippen molar-refractivity contribution in [1.82, 2.24) is 15.2 Å². The van der Waals surface area contributed by atoms with Crippen LogP contribution in [0.4, 0.5) is 0 Å². The van der Waals surface area contributed by atoms with Crippen molar-refractivity contribution in [3.63, 3.8) is 0 Å². The summed E-state index contributed by atoms with van der Waals surface area (Å²) in [4.78, 5) is 11.8. The number of carbonyl (C=O) groups is 1. The zero-order valence-electron chi connectivity index (χ0n) is 12.4. The molecular weight excluding hydrogens is 284 g/mol. The van der Waals surface area contributed by atoms with Gasteiger partial charge in [-0.2, -0.15) is 10.2 Å². The number of aryl methyl sites for hydroxylation is 2. The van der Waals surface area contributed by atoms with Crippen molar-refractivity contribution in [2.24, 2.45) is 5.10 Å². The number of benzene rings is 1. The maximum atomic E-state index is 11.8. The first-order valence-electron chi connectivity index (χ1n) is 6.84. The Morgan fingerprint density at radius 2 is 2.18 bits per heavy atom. The highest BCUT2D eigenvalue weighted by molar-refractivity contribution is 5.83. The molecule has 2 aromatic rings. The largest absolute Gasteiger partial charge is 0.454 e. The number of fused-ring (bicyclic) bond motifs is 1. The minimum atomic E-state index is -0.233. The highest BCUT2D eigenvalue weighted by Gasteiger charge is 2.12. The fraction of sp³-hybridized carbons (Fsp3) is 0.267. The Bertz CT molecular complexity index is 736. The van der Waals surface area contributed by atoms with Gasteiger partial charge in [-0.05, 0) is 43.7 Å². The molecule has 0 aliphatic carbocycles. The molecule has 1 amide bonds. The van der Waals surface area contributed by atoms with Gasteiger partial charge in [0.1, 0.15) is 6.54 Å². The Labute approximate surface area is 127 Å². The van der Waals surface area contributed by atoms with Crippen LogP contribution in [0.2, 0.25) is 0 Å². The molecule has 2 heterocycles. The van der Waals surface area contributed by atoms with Gasteiger partial charge in [0.05, 0.1) is 11.9 Å². The average molecular weight is 300 g/mol. The van der Waals surface area contributed by atoms with Gasteiger partial charge in [-0.3, -0.25) is 9.48 Å². The van der Waals surface area contributed by atoms with E-state index < -0.39 is 0 Å². The molecule has 0 spiro atoms. The standard InChI is InChI=1S/C15H16N4O3/c1-10-5-11(2)19(18-10)8-15(20)17-16-7-12-3-4-13-14(6-12)22-9-21-13/h3-7H,8-9H2,1-2H3,(H,17,20)/b16-7-. The maximum absolute atomic E-state index is 11.8. The van der Waals surface area contributed by atoms with Crippen LogP contribution >= 0.6 is 0 Å². The van der Waals surface area contributed by atoms with Crippen LogP contribution in [0.1, 0.15) is 17.0 Å². The Morgan fingerprint density at radius 1 is 1.36 bits per heavy atom. The molecule has 114 valence electrons. The molecule has 0 unspecified atom stereocenters. The van der Waals surface area contributed by atoms with Gasteiger partial charge in [0.15, 0.2) is 11.5 Å². The second kappa shape index (κ2) is 5.88. The quantitative estimate of drug-likeness (QED) is 0.683. The van der Waals surface area contributed by atoms with Gasteiger partial charge >= 0.3 is 0 Å². The molecule has 0 saturated heterocycles. The number of hydrogen-bond donors (Lipinski definition) is 1. The minimum Gasteiger partial charge on any atom is -0.454 e. The lowest BCUT2D eigenvalue weighted by Crippen LogP contribution is -2.24. The predicted octanol–water partition coefficient (Wildman–Crippen LogP) is 1.38. The first-order valence-corrected chi connectivity index (χ1v) is 6.84. The average Bonchev–Trinajstić information content (AvgIpc) is 3.05. The van der Waals surface area contributed by atoms with Gasteiger partial charge in [0.25, 0.3) is 5.91 Å². The second-order valence-electron chi connectivity index (χ2n) is 4.99. The van der Waals surface area contributed by atoms with Gasteiger partial charge in [-0.15, -0.1) is 0 Å². The van der Waals surface area contributed by atoms with E-state index in [0.717, 1.165) is 17.0 Å². The lowest BCUT2D eigenvalue weighted by atomic mass is 10.2. The molecule has 1 aliphatic rings. The summed E-state index contributed by atoms with van der Waals surface area (Å²) in [5.41, 5.74) is 5.12. The van der Waals surface area contributed by atoms with Crippen molar-refractivity contribution in [3.05, 3.63) is 41.2 Å². The molecule has 1 aromatic carbocycles. The number of hydrazone groups is 1. The van der Waals surface area contributed by atoms with Crippen molar-refractivity contribution >= 4 is 12.1 Å². The van der Waals surface area contributed by atoms with E-state index in [1.807, 2.05) is 26.0 Å². The van der Waals surface area contributed by atoms with Crippen LogP contribution in [-0.2, 0) is 11.3 Å². The van der Waals surface area contributed by atoms with E-state index in [9.17, 15) is 4.79 Å². The Hall–Kier alpha value is -2.83. The third-order valence-corrected chi connectivity index (χ3v) is 3.20. The fourth-order valence-corrected chi connectivity index (χ4v) is 2.18. The topological polar surface area (TPSA) is 77.7 Å². The molecule has 0 atom stereocenters. The molecule has 22 heavy (non-hydrogen) atoms. The third-order valence-electron chi connectivity index (χ3n) is 3.20. The number of ether oxygens (including phenoxy) is 2. The zero-order valence-corrected chi connectivity index (χ0v) is 12.4. The monoisotopic (exact) mass is 300 g/mol. The van der Waals surface area contributed by atoms with E-state index >= 15 is 0 Å². The van der Waals surface area contributed by atoms with Crippen molar-refractivity contribution < 1.29 is 14.3 Å². The van der Waals surface area contributed by atoms with Crippen LogP contribution in [0.15, 0.2) is 29.4 Å². The van der Waals surface area contributed by atoms with Crippen molar-refractivity contribution in [1.29, 1.82) is 0 Å². The number of amides is 1. The summed E-state index contributed by atoms with van der Waals surface area (Å²) >= 11 is 0. The SMILES string of the molecule is Cc1cc(C)n(CC(=O)N/N=C\c2ccc3c(c2)OCO3)n1. The summed E-state index contributed by atoms with van der Waals surface area (Å²) < 4.78 is 12.1. The summed E-state index contributed by atoms with van der Waals surface area (Å²) in [7, 11) is 0. The van der Waals surface area contributed by atoms with Gasteiger partial charge in [0.2, 0.25) is 6.79 Å². The van der Waals surface area contributed by atoms with E-state index in [-0.39, 0.29) is 19.2 Å². The Morgan fingerprint density at radius 3 is 2.95 bits per heavy atom. The first kappa shape index (κ1) is 14.1. The summed E-state index contributed by atoms with van der Waals surface area (Å²) in [6.45, 7) is 4.16. The predicted molar refractivity (Wildman–Crippen MR) is 80.0 cm³/mol. The molecule has 0 bridgehead atoms. The Kier molecular flexibility index (Phi) is 3.78. The molecule has 1 aliphatic heterocycles. The molecule has 3 rings (SSSR count). The normalized spacial score (nSPS) is 12.8. The minimum absolute atomic E-state index is 0.137. The Balaban J connectivity index is 1.57. The number of nitrogens with zero attached hydrogens (tertiary/aromatic N) is 3. The summed E-state index contributed by atoms with van der Waals surface area (Å²) in [6.07, 6.45) is 1.56. The molecule has 1 aromatic heterocycles. The van der Waals surface area contributed by atoms with E-state index in [4.69, 9.17) is 9.47 Å². The molecule has 1 N–H and O–H groups in total. The van der Waals surface area contributed by atoms with Crippen LogP contribution in [0.5, 0.6) is 11.5 Å². The molecule has 7 heteroatoms. The number of rotatable bonds is 4. The van der Waals surface area contributed by atoms with Gasteiger partial charge < -0.3 is 9.47 Å². The number of carbonyl (C=O) groups excluding carboxylic acids is 1. The summed E-state index contributed by atoms with van der Waals surface area (Å²) in [5, 5.41) is 8.17. The highest BCUT2D eigenvalue weighted by Crippen LogP contribution is 2.31. The molecule has 0 fully saturated rings. The molecule has 0 radical (unpaired) electrons. The molecular formula is C15H16N4O3. The maximum Gasteiger partial charge on any atom is 0.261 e. The lowest BCUT2D eigenvalue weighted by molar-refractivity contribution is -0.121. The smallest absolute Gasteiger partial charge is 0.261 e. The highest BCUT2D eigenvalue weighted by atomic mass is 16.7. The van der Waals surface area contributed by atoms with Gasteiger partial charge in [-0.25, -0.2) is 5.43 Å². The van der Waals surface area contributed by atoms with E-state index in [0.29, 0.717) is 11.5 Å². The summed E-state index contributed by atoms with van der Waals surface area (Å²) in [5.74, 6) is 1.16. The van der Waals surface area contributed by atoms with Crippen molar-refractivity contribution in [3.8, 4) is 11.5 Å². The molecule has 7 nitrogen and oxygen atoms in total. The summed E-state index contributed by atoms with van der Waals surface area (Å²) in [6, 6.07) is 7.37. The van der Waals surface area contributed by atoms with Gasteiger partial charge in [0, 0.05) is 5.69 Å².